The molecule has 1 saturated carbocycles. The van der Waals surface area contributed by atoms with Gasteiger partial charge < -0.3 is 20.0 Å². The highest BCUT2D eigenvalue weighted by Gasteiger charge is 2.48. The van der Waals surface area contributed by atoms with Crippen LogP contribution in [0.2, 0.25) is 10.0 Å². The van der Waals surface area contributed by atoms with E-state index in [9.17, 15) is 14.4 Å². The van der Waals surface area contributed by atoms with E-state index in [0.717, 1.165) is 31.7 Å². The first-order chi connectivity index (χ1) is 21.8. The van der Waals surface area contributed by atoms with Crippen molar-refractivity contribution in [3.63, 3.8) is 0 Å². The van der Waals surface area contributed by atoms with E-state index in [-0.39, 0.29) is 29.7 Å². The van der Waals surface area contributed by atoms with Crippen LogP contribution in [0.4, 0.5) is 0 Å². The average Bonchev–Trinajstić information content (AvgIpc) is 3.05. The fourth-order valence-electron chi connectivity index (χ4n) is 7.28. The van der Waals surface area contributed by atoms with Gasteiger partial charge in [0.15, 0.2) is 0 Å². The van der Waals surface area contributed by atoms with Gasteiger partial charge in [-0.3, -0.25) is 14.4 Å². The van der Waals surface area contributed by atoms with Gasteiger partial charge in [-0.05, 0) is 74.0 Å². The van der Waals surface area contributed by atoms with Gasteiger partial charge in [0, 0.05) is 60.3 Å². The maximum atomic E-state index is 14.4. The molecule has 0 radical (unpaired) electrons. The minimum absolute atomic E-state index is 0.0495. The molecule has 1 aliphatic carbocycles. The smallest absolute Gasteiger partial charge is 0.254 e. The zero-order valence-corrected chi connectivity index (χ0v) is 27.1. The first-order valence-corrected chi connectivity index (χ1v) is 16.7. The second-order valence-electron chi connectivity index (χ2n) is 12.5. The van der Waals surface area contributed by atoms with E-state index in [1.54, 1.807) is 12.1 Å². The van der Waals surface area contributed by atoms with Crippen LogP contribution in [0.25, 0.3) is 0 Å². The lowest BCUT2D eigenvalue weighted by Crippen LogP contribution is -2.53. The third kappa shape index (κ3) is 6.76. The summed E-state index contributed by atoms with van der Waals surface area (Å²) in [7, 11) is 2.08. The summed E-state index contributed by atoms with van der Waals surface area (Å²) in [5.74, 6) is -0.746. The van der Waals surface area contributed by atoms with Crippen molar-refractivity contribution in [2.75, 3.05) is 39.8 Å². The Morgan fingerprint density at radius 1 is 0.844 bits per heavy atom. The van der Waals surface area contributed by atoms with Gasteiger partial charge in [0.25, 0.3) is 5.91 Å². The topological polar surface area (TPSA) is 73.0 Å². The average molecular weight is 648 g/mol. The molecule has 3 aromatic rings. The number of amides is 3. The fraction of sp³-hybridized carbons (Fsp3) is 0.417. The molecular formula is C36H40Cl2N4O3. The van der Waals surface area contributed by atoms with Gasteiger partial charge >= 0.3 is 0 Å². The van der Waals surface area contributed by atoms with Gasteiger partial charge in [-0.2, -0.15) is 0 Å². The van der Waals surface area contributed by atoms with Crippen LogP contribution in [0.3, 0.4) is 0 Å². The molecule has 9 heteroatoms. The number of piperazine rings is 1. The van der Waals surface area contributed by atoms with Gasteiger partial charge in [0.1, 0.15) is 0 Å². The molecule has 1 saturated heterocycles. The van der Waals surface area contributed by atoms with Crippen LogP contribution in [0.15, 0.2) is 72.8 Å². The molecule has 0 aromatic heterocycles. The Labute approximate surface area is 275 Å². The van der Waals surface area contributed by atoms with Crippen molar-refractivity contribution >= 4 is 40.9 Å². The highest BCUT2D eigenvalue weighted by molar-refractivity contribution is 6.35. The highest BCUT2D eigenvalue weighted by atomic mass is 35.5. The molecular weight excluding hydrogens is 607 g/mol. The number of hydrogen-bond acceptors (Lipinski definition) is 4. The lowest BCUT2D eigenvalue weighted by Gasteiger charge is -2.47. The number of likely N-dealkylation sites (N-methyl/N-ethyl adjacent to an activating group) is 1. The van der Waals surface area contributed by atoms with Crippen LogP contribution in [0.5, 0.6) is 0 Å². The Balaban J connectivity index is 1.29. The van der Waals surface area contributed by atoms with E-state index in [1.807, 2.05) is 70.5 Å². The molecule has 1 N–H and O–H groups in total. The second-order valence-corrected chi connectivity index (χ2v) is 13.4. The number of hydrogen-bond donors (Lipinski definition) is 1. The molecule has 3 aliphatic rings. The van der Waals surface area contributed by atoms with Crippen LogP contribution in [-0.2, 0) is 16.0 Å². The third-order valence-corrected chi connectivity index (χ3v) is 10.3. The standard InChI is InChI=1S/C36H40Cl2N4O3/c1-40-19-21-41(22-20-40)35(44)25-11-14-27(15-12-25)42-33(30-16-13-26(37)23-31(30)38)32(28-9-5-6-10-29(28)36(42)45)34(43)39-18-17-24-7-3-2-4-8-24/h2-10,13,16,23,25,27,32-33H,11-12,14-15,17-22H2,1H3,(H,39,43)/t25?,27?,32-,33+/m1/s1. The SMILES string of the molecule is CN1CCN(C(=O)C2CCC(N3C(=O)c4ccccc4[C@@H](C(=O)NCCc4ccccc4)[C@@H]3c3ccc(Cl)cc3Cl)CC2)CC1. The molecule has 3 aromatic carbocycles. The Morgan fingerprint density at radius 2 is 1.53 bits per heavy atom. The maximum absolute atomic E-state index is 14.4. The molecule has 6 rings (SSSR count). The lowest BCUT2D eigenvalue weighted by atomic mass is 9.76. The second kappa shape index (κ2) is 13.9. The van der Waals surface area contributed by atoms with Crippen LogP contribution in [0.1, 0.15) is 64.7 Å². The number of halogens is 2. The monoisotopic (exact) mass is 646 g/mol. The van der Waals surface area contributed by atoms with E-state index in [2.05, 4.69) is 17.3 Å². The molecule has 2 atom stereocenters. The molecule has 2 heterocycles. The van der Waals surface area contributed by atoms with Crippen molar-refractivity contribution in [3.8, 4) is 0 Å². The first kappa shape index (κ1) is 31.6. The van der Waals surface area contributed by atoms with Crippen molar-refractivity contribution in [2.24, 2.45) is 5.92 Å². The maximum Gasteiger partial charge on any atom is 0.254 e. The first-order valence-electron chi connectivity index (χ1n) is 16.0. The molecule has 0 unspecified atom stereocenters. The number of nitrogens with one attached hydrogen (secondary N) is 1. The third-order valence-electron chi connectivity index (χ3n) is 9.75. The minimum Gasteiger partial charge on any atom is -0.355 e. The van der Waals surface area contributed by atoms with Crippen molar-refractivity contribution < 1.29 is 14.4 Å². The summed E-state index contributed by atoms with van der Waals surface area (Å²) >= 11 is 13.2. The van der Waals surface area contributed by atoms with E-state index in [0.29, 0.717) is 65.4 Å². The Morgan fingerprint density at radius 3 is 2.24 bits per heavy atom. The van der Waals surface area contributed by atoms with Gasteiger partial charge in [-0.15, -0.1) is 0 Å². The minimum atomic E-state index is -0.668. The van der Waals surface area contributed by atoms with Crippen molar-refractivity contribution in [1.29, 1.82) is 0 Å². The molecule has 45 heavy (non-hydrogen) atoms. The van der Waals surface area contributed by atoms with Crippen molar-refractivity contribution in [1.82, 2.24) is 20.0 Å². The Hall–Kier alpha value is -3.39. The van der Waals surface area contributed by atoms with Gasteiger partial charge in [-0.25, -0.2) is 0 Å². The van der Waals surface area contributed by atoms with Crippen LogP contribution in [0, 0.1) is 5.92 Å². The number of benzene rings is 3. The molecule has 0 bridgehead atoms. The molecule has 0 spiro atoms. The summed E-state index contributed by atoms with van der Waals surface area (Å²) in [5, 5.41) is 4.08. The number of carbonyl (C=O) groups is 3. The van der Waals surface area contributed by atoms with Gasteiger partial charge in [0.05, 0.1) is 12.0 Å². The van der Waals surface area contributed by atoms with Gasteiger partial charge in [-0.1, -0.05) is 77.8 Å². The predicted octanol–water partition coefficient (Wildman–Crippen LogP) is 5.97. The predicted molar refractivity (Wildman–Crippen MR) is 178 cm³/mol. The Bertz CT molecular complexity index is 1530. The largest absolute Gasteiger partial charge is 0.355 e. The van der Waals surface area contributed by atoms with Crippen LogP contribution >= 0.6 is 23.2 Å². The van der Waals surface area contributed by atoms with Crippen LogP contribution in [-0.4, -0.2) is 78.2 Å². The van der Waals surface area contributed by atoms with E-state index in [1.165, 1.54) is 0 Å². The van der Waals surface area contributed by atoms with Crippen molar-refractivity contribution in [3.05, 3.63) is 105 Å². The molecule has 2 fully saturated rings. The number of fused-ring (bicyclic) bond motifs is 1. The zero-order chi connectivity index (χ0) is 31.5. The summed E-state index contributed by atoms with van der Waals surface area (Å²) in [4.78, 5) is 48.2. The number of carbonyl (C=O) groups excluding carboxylic acids is 3. The molecule has 7 nitrogen and oxygen atoms in total. The summed E-state index contributed by atoms with van der Waals surface area (Å²) < 4.78 is 0. The van der Waals surface area contributed by atoms with E-state index < -0.39 is 12.0 Å². The van der Waals surface area contributed by atoms with Gasteiger partial charge in [0.2, 0.25) is 11.8 Å². The summed E-state index contributed by atoms with van der Waals surface area (Å²) in [5.41, 5.74) is 3.07. The highest BCUT2D eigenvalue weighted by Crippen LogP contribution is 2.48. The molecule has 3 amide bonds. The zero-order valence-electron chi connectivity index (χ0n) is 25.6. The number of rotatable bonds is 7. The summed E-state index contributed by atoms with van der Waals surface area (Å²) in [6.45, 7) is 3.77. The van der Waals surface area contributed by atoms with E-state index >= 15 is 0 Å². The van der Waals surface area contributed by atoms with E-state index in [4.69, 9.17) is 23.2 Å². The fourth-order valence-corrected chi connectivity index (χ4v) is 7.80. The lowest BCUT2D eigenvalue weighted by molar-refractivity contribution is -0.138. The number of nitrogens with zero attached hydrogens (tertiary/aromatic N) is 3. The quantitative estimate of drug-likeness (QED) is 0.344. The summed E-state index contributed by atoms with van der Waals surface area (Å²) in [6.07, 6.45) is 3.47. The van der Waals surface area contributed by atoms with Crippen molar-refractivity contribution in [2.45, 2.75) is 50.1 Å². The summed E-state index contributed by atoms with van der Waals surface area (Å²) in [6, 6.07) is 22.0. The van der Waals surface area contributed by atoms with Crippen LogP contribution < -0.4 is 5.32 Å². The molecule has 236 valence electrons. The molecule has 2 aliphatic heterocycles. The Kier molecular flexibility index (Phi) is 9.78. The normalized spacial score (nSPS) is 23.8.